The van der Waals surface area contributed by atoms with Gasteiger partial charge >= 0.3 is 12.2 Å². The molecule has 2 atom stereocenters. The Hall–Kier alpha value is -2.17. The van der Waals surface area contributed by atoms with Crippen molar-refractivity contribution in [3.05, 3.63) is 18.0 Å². The third-order valence-corrected chi connectivity index (χ3v) is 8.50. The lowest BCUT2D eigenvalue weighted by Crippen LogP contribution is -2.68. The first-order valence-electron chi connectivity index (χ1n) is 13.1. The standard InChI is InChI=1S/C25H36F4N6O/c1-16-11-34(22-30-9-19(10-31-22)25(27,28)29)12-17(2)35(16)23(36)32-21-7-24(8-21)14-33(15-24)13-18-3-5-20(26)6-4-18/h9-10,16-18,20-21H,3-8,11-15H2,1-2H3,(H,32,36)/t16-,17-,18?,20?/m1/s1. The molecule has 0 unspecified atom stereocenters. The number of nitrogens with zero attached hydrogens (tertiary/aromatic N) is 5. The summed E-state index contributed by atoms with van der Waals surface area (Å²) in [5, 5.41) is 3.20. The summed E-state index contributed by atoms with van der Waals surface area (Å²) in [7, 11) is 0. The summed E-state index contributed by atoms with van der Waals surface area (Å²) in [5.74, 6) is 0.870. The number of amides is 2. The molecule has 2 aliphatic carbocycles. The summed E-state index contributed by atoms with van der Waals surface area (Å²) in [4.78, 5) is 27.1. The molecule has 1 aromatic rings. The molecule has 2 saturated carbocycles. The van der Waals surface area contributed by atoms with E-state index < -0.39 is 17.9 Å². The van der Waals surface area contributed by atoms with Gasteiger partial charge in [-0.3, -0.25) is 0 Å². The smallest absolute Gasteiger partial charge is 0.337 e. The summed E-state index contributed by atoms with van der Waals surface area (Å²) in [6.45, 7) is 8.02. The third-order valence-electron chi connectivity index (χ3n) is 8.50. The Morgan fingerprint density at radius 2 is 1.64 bits per heavy atom. The maximum atomic E-state index is 13.4. The zero-order valence-electron chi connectivity index (χ0n) is 21.0. The summed E-state index contributed by atoms with van der Waals surface area (Å²) in [6.07, 6.45) is 1.94. The van der Waals surface area contributed by atoms with Gasteiger partial charge in [0, 0.05) is 63.2 Å². The number of carbonyl (C=O) groups is 1. The normalized spacial score (nSPS) is 31.2. The van der Waals surface area contributed by atoms with Gasteiger partial charge in [0.25, 0.3) is 0 Å². The Morgan fingerprint density at radius 3 is 2.19 bits per heavy atom. The van der Waals surface area contributed by atoms with Gasteiger partial charge in [-0.15, -0.1) is 0 Å². The monoisotopic (exact) mass is 512 g/mol. The number of carbonyl (C=O) groups excluding carboxylic acids is 1. The zero-order valence-corrected chi connectivity index (χ0v) is 21.0. The molecule has 2 saturated heterocycles. The summed E-state index contributed by atoms with van der Waals surface area (Å²) in [5.41, 5.74) is -0.549. The van der Waals surface area contributed by atoms with Gasteiger partial charge in [-0.2, -0.15) is 13.2 Å². The molecule has 36 heavy (non-hydrogen) atoms. The van der Waals surface area contributed by atoms with Crippen molar-refractivity contribution < 1.29 is 22.4 Å². The van der Waals surface area contributed by atoms with Crippen LogP contribution >= 0.6 is 0 Å². The summed E-state index contributed by atoms with van der Waals surface area (Å²) in [6, 6.07) is -0.168. The van der Waals surface area contributed by atoms with E-state index in [-0.39, 0.29) is 30.1 Å². The highest BCUT2D eigenvalue weighted by atomic mass is 19.4. The fraction of sp³-hybridized carbons (Fsp3) is 0.800. The lowest BCUT2D eigenvalue weighted by Gasteiger charge is -2.60. The second-order valence-corrected chi connectivity index (χ2v) is 11.6. The Balaban J connectivity index is 1.06. The average Bonchev–Trinajstić information content (AvgIpc) is 2.76. The number of piperazine rings is 1. The van der Waals surface area contributed by atoms with Gasteiger partial charge in [0.15, 0.2) is 0 Å². The van der Waals surface area contributed by atoms with Gasteiger partial charge in [0.1, 0.15) is 6.17 Å². The van der Waals surface area contributed by atoms with Gasteiger partial charge in [0.05, 0.1) is 5.56 Å². The third kappa shape index (κ3) is 5.26. The topological polar surface area (TPSA) is 64.6 Å². The van der Waals surface area contributed by atoms with Crippen LogP contribution in [0.25, 0.3) is 0 Å². The molecular weight excluding hydrogens is 476 g/mol. The van der Waals surface area contributed by atoms with Crippen LogP contribution in [0.4, 0.5) is 28.3 Å². The van der Waals surface area contributed by atoms with Crippen LogP contribution < -0.4 is 10.2 Å². The molecule has 1 spiro atoms. The number of halogens is 4. The van der Waals surface area contributed by atoms with Crippen LogP contribution in [0, 0.1) is 11.3 Å². The number of rotatable bonds is 4. The van der Waals surface area contributed by atoms with Crippen molar-refractivity contribution in [1.82, 2.24) is 25.1 Å². The Bertz CT molecular complexity index is 909. The lowest BCUT2D eigenvalue weighted by molar-refractivity contribution is -0.138. The molecule has 2 amide bonds. The van der Waals surface area contributed by atoms with Crippen LogP contribution in [0.3, 0.4) is 0 Å². The number of likely N-dealkylation sites (tertiary alicyclic amines) is 1. The highest BCUT2D eigenvalue weighted by molar-refractivity contribution is 5.76. The molecule has 4 fully saturated rings. The van der Waals surface area contributed by atoms with Crippen LogP contribution in [-0.2, 0) is 6.18 Å². The predicted octanol–water partition coefficient (Wildman–Crippen LogP) is 4.10. The van der Waals surface area contributed by atoms with E-state index in [4.69, 9.17) is 0 Å². The first-order chi connectivity index (χ1) is 17.0. The molecule has 11 heteroatoms. The van der Waals surface area contributed by atoms with Gasteiger partial charge in [-0.25, -0.2) is 19.2 Å². The second-order valence-electron chi connectivity index (χ2n) is 11.6. The van der Waals surface area contributed by atoms with Gasteiger partial charge in [-0.1, -0.05) is 0 Å². The minimum absolute atomic E-state index is 0.0815. The molecule has 1 aromatic heterocycles. The minimum Gasteiger partial charge on any atom is -0.337 e. The highest BCUT2D eigenvalue weighted by Gasteiger charge is 2.53. The molecule has 2 aliphatic heterocycles. The molecule has 1 N–H and O–H groups in total. The molecule has 0 radical (unpaired) electrons. The van der Waals surface area contributed by atoms with Crippen LogP contribution in [-0.4, -0.2) is 82.8 Å². The van der Waals surface area contributed by atoms with Crippen molar-refractivity contribution in [2.24, 2.45) is 11.3 Å². The van der Waals surface area contributed by atoms with E-state index in [1.54, 1.807) is 0 Å². The average molecular weight is 513 g/mol. The van der Waals surface area contributed by atoms with Gasteiger partial charge in [0.2, 0.25) is 5.95 Å². The number of urea groups is 1. The molecule has 7 nitrogen and oxygen atoms in total. The van der Waals surface area contributed by atoms with Crippen molar-refractivity contribution in [2.45, 2.75) is 82.8 Å². The van der Waals surface area contributed by atoms with Crippen molar-refractivity contribution in [1.29, 1.82) is 0 Å². The largest absolute Gasteiger partial charge is 0.419 e. The quantitative estimate of drug-likeness (QED) is 0.616. The van der Waals surface area contributed by atoms with Crippen LogP contribution in [0.2, 0.25) is 0 Å². The SMILES string of the molecule is C[C@@H]1CN(c2ncc(C(F)(F)F)cn2)C[C@@H](C)N1C(=O)NC1CC2(C1)CN(CC1CCC(F)CC1)C2. The Labute approximate surface area is 209 Å². The number of alkyl halides is 4. The van der Waals surface area contributed by atoms with E-state index >= 15 is 0 Å². The predicted molar refractivity (Wildman–Crippen MR) is 127 cm³/mol. The zero-order chi connectivity index (χ0) is 25.7. The first-order valence-corrected chi connectivity index (χ1v) is 13.1. The molecule has 5 rings (SSSR count). The minimum atomic E-state index is -4.47. The maximum Gasteiger partial charge on any atom is 0.419 e. The van der Waals surface area contributed by atoms with Crippen LogP contribution in [0.1, 0.15) is 57.9 Å². The molecule has 4 aliphatic rings. The van der Waals surface area contributed by atoms with Crippen molar-refractivity contribution in [3.63, 3.8) is 0 Å². The number of anilines is 1. The Kier molecular flexibility index (Phi) is 6.80. The number of nitrogens with one attached hydrogen (secondary N) is 1. The fourth-order valence-electron chi connectivity index (χ4n) is 6.81. The van der Waals surface area contributed by atoms with E-state index in [9.17, 15) is 22.4 Å². The fourth-order valence-corrected chi connectivity index (χ4v) is 6.81. The number of hydrogen-bond donors (Lipinski definition) is 1. The van der Waals surface area contributed by atoms with Gasteiger partial charge < -0.3 is 20.0 Å². The Morgan fingerprint density at radius 1 is 1.06 bits per heavy atom. The molecule has 3 heterocycles. The highest BCUT2D eigenvalue weighted by Crippen LogP contribution is 2.49. The van der Waals surface area contributed by atoms with E-state index in [1.807, 2.05) is 23.6 Å². The maximum absolute atomic E-state index is 13.4. The van der Waals surface area contributed by atoms with Crippen LogP contribution in [0.5, 0.6) is 0 Å². The molecule has 200 valence electrons. The molecule has 0 aromatic carbocycles. The van der Waals surface area contributed by atoms with Crippen molar-refractivity contribution in [3.8, 4) is 0 Å². The van der Waals surface area contributed by atoms with E-state index in [1.165, 1.54) is 0 Å². The second kappa shape index (κ2) is 9.61. The van der Waals surface area contributed by atoms with E-state index in [2.05, 4.69) is 20.2 Å². The van der Waals surface area contributed by atoms with Crippen LogP contribution in [0.15, 0.2) is 12.4 Å². The van der Waals surface area contributed by atoms with Crippen molar-refractivity contribution >= 4 is 12.0 Å². The summed E-state index contributed by atoms with van der Waals surface area (Å²) < 4.78 is 51.8. The van der Waals surface area contributed by atoms with E-state index in [0.29, 0.717) is 37.3 Å². The number of hydrogen-bond acceptors (Lipinski definition) is 5. The lowest BCUT2D eigenvalue weighted by atomic mass is 9.60. The molecular formula is C25H36F4N6O. The van der Waals surface area contributed by atoms with Gasteiger partial charge in [-0.05, 0) is 63.7 Å². The summed E-state index contributed by atoms with van der Waals surface area (Å²) >= 11 is 0. The number of aromatic nitrogens is 2. The first kappa shape index (κ1) is 25.5. The van der Waals surface area contributed by atoms with E-state index in [0.717, 1.165) is 57.7 Å². The van der Waals surface area contributed by atoms with Crippen molar-refractivity contribution in [2.75, 3.05) is 37.6 Å². The molecule has 0 bridgehead atoms.